The molecule has 3 N–H and O–H groups in total. The Balaban J connectivity index is 2.61. The molecule has 0 radical (unpaired) electrons. The molecule has 0 saturated carbocycles. The Morgan fingerprint density at radius 3 is 2.58 bits per heavy atom. The standard InChI is InChI=1S/C14H26N4O/c1-4-7-19-13-8-12(17-11-18-13)16-10-14(5-2,6-3)9-15/h8,11H,4-7,9-10,15H2,1-3H3,(H,16,17,18). The van der Waals surface area contributed by atoms with Gasteiger partial charge in [0.2, 0.25) is 5.88 Å². The fraction of sp³-hybridized carbons (Fsp3) is 0.714. The Morgan fingerprint density at radius 2 is 2.00 bits per heavy atom. The van der Waals surface area contributed by atoms with Gasteiger partial charge in [-0.05, 0) is 31.2 Å². The van der Waals surface area contributed by atoms with Gasteiger partial charge in [0.15, 0.2) is 0 Å². The lowest BCUT2D eigenvalue weighted by atomic mass is 9.82. The zero-order valence-electron chi connectivity index (χ0n) is 12.3. The third kappa shape index (κ3) is 4.67. The number of ether oxygens (including phenoxy) is 1. The highest BCUT2D eigenvalue weighted by atomic mass is 16.5. The van der Waals surface area contributed by atoms with Crippen molar-refractivity contribution in [2.75, 3.05) is 25.0 Å². The van der Waals surface area contributed by atoms with Gasteiger partial charge in [0.1, 0.15) is 12.1 Å². The minimum atomic E-state index is 0.134. The molecular formula is C14H26N4O. The van der Waals surface area contributed by atoms with Gasteiger partial charge in [0.25, 0.3) is 0 Å². The Bertz CT molecular complexity index is 358. The van der Waals surface area contributed by atoms with E-state index in [4.69, 9.17) is 10.5 Å². The van der Waals surface area contributed by atoms with E-state index in [2.05, 4.69) is 36.1 Å². The van der Waals surface area contributed by atoms with Crippen LogP contribution in [0.2, 0.25) is 0 Å². The lowest BCUT2D eigenvalue weighted by Gasteiger charge is -2.30. The smallest absolute Gasteiger partial charge is 0.218 e. The SMILES string of the molecule is CCCOc1cc(NCC(CC)(CC)CN)ncn1. The molecule has 1 rings (SSSR count). The molecule has 0 amide bonds. The molecule has 1 aromatic heterocycles. The first-order valence-corrected chi connectivity index (χ1v) is 7.08. The van der Waals surface area contributed by atoms with Crippen LogP contribution in [0.1, 0.15) is 40.0 Å². The molecule has 5 heteroatoms. The minimum Gasteiger partial charge on any atom is -0.478 e. The lowest BCUT2D eigenvalue weighted by molar-refractivity contribution is 0.293. The number of nitrogens with zero attached hydrogens (tertiary/aromatic N) is 2. The highest BCUT2D eigenvalue weighted by Gasteiger charge is 2.24. The van der Waals surface area contributed by atoms with Crippen LogP contribution in [0, 0.1) is 5.41 Å². The molecule has 5 nitrogen and oxygen atoms in total. The van der Waals surface area contributed by atoms with Gasteiger partial charge in [-0.1, -0.05) is 20.8 Å². The average molecular weight is 266 g/mol. The molecule has 0 aromatic carbocycles. The third-order valence-corrected chi connectivity index (χ3v) is 3.67. The maximum Gasteiger partial charge on any atom is 0.218 e. The third-order valence-electron chi connectivity index (χ3n) is 3.67. The van der Waals surface area contributed by atoms with Crippen LogP contribution in [0.25, 0.3) is 0 Å². The molecule has 0 bridgehead atoms. The molecule has 0 saturated heterocycles. The van der Waals surface area contributed by atoms with E-state index >= 15 is 0 Å². The van der Waals surface area contributed by atoms with Crippen LogP contribution in [0.15, 0.2) is 12.4 Å². The van der Waals surface area contributed by atoms with Crippen molar-refractivity contribution in [2.45, 2.75) is 40.0 Å². The summed E-state index contributed by atoms with van der Waals surface area (Å²) in [6.45, 7) is 8.59. The Hall–Kier alpha value is -1.36. The largest absolute Gasteiger partial charge is 0.478 e. The molecule has 19 heavy (non-hydrogen) atoms. The average Bonchev–Trinajstić information content (AvgIpc) is 2.47. The van der Waals surface area contributed by atoms with Crippen LogP contribution in [0.3, 0.4) is 0 Å². The quantitative estimate of drug-likeness (QED) is 0.718. The van der Waals surface area contributed by atoms with E-state index in [1.165, 1.54) is 6.33 Å². The summed E-state index contributed by atoms with van der Waals surface area (Å²) in [5, 5.41) is 3.34. The van der Waals surface area contributed by atoms with Crippen LogP contribution in [0.4, 0.5) is 5.82 Å². The maximum atomic E-state index is 5.89. The van der Waals surface area contributed by atoms with Gasteiger partial charge in [0.05, 0.1) is 6.61 Å². The fourth-order valence-electron chi connectivity index (χ4n) is 1.86. The molecule has 0 aliphatic rings. The van der Waals surface area contributed by atoms with Crippen LogP contribution in [-0.4, -0.2) is 29.7 Å². The van der Waals surface area contributed by atoms with Gasteiger partial charge < -0.3 is 15.8 Å². The predicted octanol–water partition coefficient (Wildman–Crippen LogP) is 2.44. The predicted molar refractivity (Wildman–Crippen MR) is 78.4 cm³/mol. The van der Waals surface area contributed by atoms with E-state index in [-0.39, 0.29) is 5.41 Å². The van der Waals surface area contributed by atoms with E-state index in [1.807, 2.05) is 6.07 Å². The first-order chi connectivity index (χ1) is 9.19. The summed E-state index contributed by atoms with van der Waals surface area (Å²) in [5.41, 5.74) is 6.03. The summed E-state index contributed by atoms with van der Waals surface area (Å²) in [6.07, 6.45) is 4.60. The fourth-order valence-corrected chi connectivity index (χ4v) is 1.86. The molecule has 1 aromatic rings. The van der Waals surface area contributed by atoms with Gasteiger partial charge in [-0.15, -0.1) is 0 Å². The highest BCUT2D eigenvalue weighted by Crippen LogP contribution is 2.25. The summed E-state index contributed by atoms with van der Waals surface area (Å²) < 4.78 is 5.49. The number of aromatic nitrogens is 2. The molecule has 0 aliphatic carbocycles. The topological polar surface area (TPSA) is 73.1 Å². The van der Waals surface area contributed by atoms with Crippen molar-refractivity contribution in [1.29, 1.82) is 0 Å². The summed E-state index contributed by atoms with van der Waals surface area (Å²) in [7, 11) is 0. The maximum absolute atomic E-state index is 5.89. The Labute approximate surface area is 116 Å². The molecule has 0 unspecified atom stereocenters. The van der Waals surface area contributed by atoms with Crippen LogP contribution in [0.5, 0.6) is 5.88 Å². The zero-order chi connectivity index (χ0) is 14.1. The summed E-state index contributed by atoms with van der Waals surface area (Å²) >= 11 is 0. The molecule has 0 atom stereocenters. The van der Waals surface area contributed by atoms with Crippen molar-refractivity contribution in [3.8, 4) is 5.88 Å². The number of hydrogen-bond acceptors (Lipinski definition) is 5. The van der Waals surface area contributed by atoms with E-state index in [1.54, 1.807) is 0 Å². The normalized spacial score (nSPS) is 11.4. The Kier molecular flexibility index (Phi) is 6.56. The van der Waals surface area contributed by atoms with Gasteiger partial charge in [0, 0.05) is 12.6 Å². The molecular weight excluding hydrogens is 240 g/mol. The van der Waals surface area contributed by atoms with Crippen molar-refractivity contribution in [3.63, 3.8) is 0 Å². The minimum absolute atomic E-state index is 0.134. The second-order valence-electron chi connectivity index (χ2n) is 4.85. The van der Waals surface area contributed by atoms with Gasteiger partial charge >= 0.3 is 0 Å². The summed E-state index contributed by atoms with van der Waals surface area (Å²) in [6, 6.07) is 1.84. The van der Waals surface area contributed by atoms with Gasteiger partial charge in [-0.3, -0.25) is 0 Å². The molecule has 0 aliphatic heterocycles. The van der Waals surface area contributed by atoms with Crippen LogP contribution >= 0.6 is 0 Å². The molecule has 1 heterocycles. The zero-order valence-corrected chi connectivity index (χ0v) is 12.3. The van der Waals surface area contributed by atoms with Crippen molar-refractivity contribution < 1.29 is 4.74 Å². The van der Waals surface area contributed by atoms with Crippen molar-refractivity contribution in [2.24, 2.45) is 11.1 Å². The van der Waals surface area contributed by atoms with Gasteiger partial charge in [-0.25, -0.2) is 9.97 Å². The molecule has 108 valence electrons. The van der Waals surface area contributed by atoms with E-state index in [0.717, 1.165) is 31.6 Å². The van der Waals surface area contributed by atoms with Crippen LogP contribution in [-0.2, 0) is 0 Å². The Morgan fingerprint density at radius 1 is 1.26 bits per heavy atom. The van der Waals surface area contributed by atoms with E-state index in [0.29, 0.717) is 19.0 Å². The first-order valence-electron chi connectivity index (χ1n) is 7.08. The lowest BCUT2D eigenvalue weighted by Crippen LogP contribution is -2.36. The van der Waals surface area contributed by atoms with Crippen molar-refractivity contribution in [3.05, 3.63) is 12.4 Å². The summed E-state index contributed by atoms with van der Waals surface area (Å²) in [4.78, 5) is 8.29. The van der Waals surface area contributed by atoms with Gasteiger partial charge in [-0.2, -0.15) is 0 Å². The number of anilines is 1. The number of nitrogens with two attached hydrogens (primary N) is 1. The number of nitrogens with one attached hydrogen (secondary N) is 1. The monoisotopic (exact) mass is 266 g/mol. The second kappa shape index (κ2) is 7.94. The first kappa shape index (κ1) is 15.7. The van der Waals surface area contributed by atoms with E-state index in [9.17, 15) is 0 Å². The molecule has 0 spiro atoms. The van der Waals surface area contributed by atoms with Crippen LogP contribution < -0.4 is 15.8 Å². The number of rotatable bonds is 9. The highest BCUT2D eigenvalue weighted by molar-refractivity contribution is 5.37. The van der Waals surface area contributed by atoms with E-state index < -0.39 is 0 Å². The second-order valence-corrected chi connectivity index (χ2v) is 4.85. The number of hydrogen-bond donors (Lipinski definition) is 2. The van der Waals surface area contributed by atoms with Crippen molar-refractivity contribution in [1.82, 2.24) is 9.97 Å². The summed E-state index contributed by atoms with van der Waals surface area (Å²) in [5.74, 6) is 1.41. The van der Waals surface area contributed by atoms with Crippen molar-refractivity contribution >= 4 is 5.82 Å². The molecule has 0 fully saturated rings.